The molecule has 0 heterocycles. The number of hydrogen-bond acceptors (Lipinski definition) is 1. The number of rotatable bonds is 2. The summed E-state index contributed by atoms with van der Waals surface area (Å²) in [7, 11) is -0.509. The standard InChI is InChI=1S/C7H14F3NOSi/c1-11(13(2,3)4)6(12)5-7(8,9)10/h5H2,1-4H3. The molecule has 0 aliphatic rings. The molecule has 0 aromatic rings. The summed E-state index contributed by atoms with van der Waals surface area (Å²) in [4.78, 5) is 11.0. The van der Waals surface area contributed by atoms with E-state index in [9.17, 15) is 18.0 Å². The van der Waals surface area contributed by atoms with Crippen molar-refractivity contribution in [3.8, 4) is 0 Å². The average molecular weight is 213 g/mol. The van der Waals surface area contributed by atoms with Crippen molar-refractivity contribution in [2.45, 2.75) is 32.2 Å². The topological polar surface area (TPSA) is 20.3 Å². The van der Waals surface area contributed by atoms with Gasteiger partial charge >= 0.3 is 6.18 Å². The molecule has 0 bridgehead atoms. The van der Waals surface area contributed by atoms with Crippen molar-refractivity contribution in [1.29, 1.82) is 0 Å². The Balaban J connectivity index is 4.30. The fraction of sp³-hybridized carbons (Fsp3) is 0.857. The highest BCUT2D eigenvalue weighted by Gasteiger charge is 2.35. The average Bonchev–Trinajstić information content (AvgIpc) is 1.79. The van der Waals surface area contributed by atoms with Gasteiger partial charge in [0.2, 0.25) is 5.91 Å². The van der Waals surface area contributed by atoms with Gasteiger partial charge in [0.05, 0.1) is 0 Å². The molecule has 6 heteroatoms. The van der Waals surface area contributed by atoms with E-state index in [1.807, 2.05) is 19.6 Å². The minimum absolute atomic E-state index is 0.841. The van der Waals surface area contributed by atoms with E-state index in [1.54, 1.807) is 0 Å². The highest BCUT2D eigenvalue weighted by atomic mass is 28.3. The van der Waals surface area contributed by atoms with E-state index in [0.29, 0.717) is 0 Å². The van der Waals surface area contributed by atoms with Crippen LogP contribution in [0.3, 0.4) is 0 Å². The van der Waals surface area contributed by atoms with Crippen molar-refractivity contribution in [3.05, 3.63) is 0 Å². The number of carbonyl (C=O) groups is 1. The Labute approximate surface area is 76.8 Å². The van der Waals surface area contributed by atoms with Gasteiger partial charge in [-0.1, -0.05) is 19.6 Å². The third-order valence-electron chi connectivity index (χ3n) is 1.73. The molecule has 0 unspecified atom stereocenters. The van der Waals surface area contributed by atoms with Crippen molar-refractivity contribution in [2.75, 3.05) is 7.05 Å². The van der Waals surface area contributed by atoms with Crippen LogP contribution in [0.2, 0.25) is 19.6 Å². The smallest absolute Gasteiger partial charge is 0.372 e. The van der Waals surface area contributed by atoms with E-state index in [4.69, 9.17) is 0 Å². The molecular formula is C7H14F3NOSi. The molecule has 0 N–H and O–H groups in total. The SMILES string of the molecule is CN(C(=O)CC(F)(F)F)[Si](C)(C)C. The van der Waals surface area contributed by atoms with Crippen LogP contribution in [-0.2, 0) is 4.79 Å². The van der Waals surface area contributed by atoms with Gasteiger partial charge in [-0.3, -0.25) is 4.79 Å². The summed E-state index contributed by atoms with van der Waals surface area (Å²) >= 11 is 0. The quantitative estimate of drug-likeness (QED) is 0.644. The largest absolute Gasteiger partial charge is 0.397 e. The Morgan fingerprint density at radius 2 is 1.69 bits per heavy atom. The Kier molecular flexibility index (Phi) is 3.54. The van der Waals surface area contributed by atoms with Gasteiger partial charge in [-0.25, -0.2) is 0 Å². The van der Waals surface area contributed by atoms with Crippen LogP contribution in [0, 0.1) is 0 Å². The van der Waals surface area contributed by atoms with Gasteiger partial charge in [-0.05, 0) is 0 Å². The van der Waals surface area contributed by atoms with E-state index in [-0.39, 0.29) is 0 Å². The third-order valence-corrected chi connectivity index (χ3v) is 3.99. The molecule has 0 rings (SSSR count). The van der Waals surface area contributed by atoms with Gasteiger partial charge in [0.25, 0.3) is 0 Å². The van der Waals surface area contributed by atoms with Crippen LogP contribution >= 0.6 is 0 Å². The molecular weight excluding hydrogens is 199 g/mol. The lowest BCUT2D eigenvalue weighted by molar-refractivity contribution is -0.157. The summed E-state index contributed by atoms with van der Waals surface area (Å²) in [5.74, 6) is -0.841. The summed E-state index contributed by atoms with van der Waals surface area (Å²) < 4.78 is 36.7. The first-order chi connectivity index (χ1) is 5.54. The van der Waals surface area contributed by atoms with Crippen molar-refractivity contribution >= 4 is 14.1 Å². The first kappa shape index (κ1) is 12.5. The predicted molar refractivity (Wildman–Crippen MR) is 46.8 cm³/mol. The molecule has 2 nitrogen and oxygen atoms in total. The third kappa shape index (κ3) is 4.92. The van der Waals surface area contributed by atoms with Gasteiger partial charge < -0.3 is 4.57 Å². The fourth-order valence-electron chi connectivity index (χ4n) is 0.664. The lowest BCUT2D eigenvalue weighted by atomic mass is 10.4. The summed E-state index contributed by atoms with van der Waals surface area (Å²) in [5.41, 5.74) is 0. The molecule has 0 saturated carbocycles. The van der Waals surface area contributed by atoms with E-state index in [2.05, 4.69) is 0 Å². The zero-order valence-corrected chi connectivity index (χ0v) is 9.20. The monoisotopic (exact) mass is 213 g/mol. The maximum atomic E-state index is 11.8. The Morgan fingerprint density at radius 1 is 1.31 bits per heavy atom. The summed E-state index contributed by atoms with van der Waals surface area (Å²) in [5, 5.41) is 0. The van der Waals surface area contributed by atoms with Crippen molar-refractivity contribution in [1.82, 2.24) is 4.57 Å². The number of amides is 1. The Bertz CT molecular complexity index is 197. The molecule has 0 aromatic carbocycles. The van der Waals surface area contributed by atoms with Gasteiger partial charge in [0.15, 0.2) is 8.24 Å². The normalized spacial score (nSPS) is 12.8. The second-order valence-corrected chi connectivity index (χ2v) is 8.93. The fourth-order valence-corrected chi connectivity index (χ4v) is 1.49. The zero-order chi connectivity index (χ0) is 10.9. The molecule has 0 aliphatic carbocycles. The molecule has 0 radical (unpaired) electrons. The first-order valence-corrected chi connectivity index (χ1v) is 7.32. The molecule has 1 amide bonds. The lowest BCUT2D eigenvalue weighted by Crippen LogP contribution is -2.48. The van der Waals surface area contributed by atoms with Crippen LogP contribution in [0.15, 0.2) is 0 Å². The van der Waals surface area contributed by atoms with Crippen LogP contribution < -0.4 is 0 Å². The molecule has 0 aromatic heterocycles. The maximum Gasteiger partial charge on any atom is 0.397 e. The number of carbonyl (C=O) groups excluding carboxylic acids is 1. The molecule has 0 fully saturated rings. The highest BCUT2D eigenvalue weighted by Crippen LogP contribution is 2.21. The number of alkyl halides is 3. The van der Waals surface area contributed by atoms with Crippen LogP contribution in [0.25, 0.3) is 0 Å². The van der Waals surface area contributed by atoms with Gasteiger partial charge in [0.1, 0.15) is 6.42 Å². The van der Waals surface area contributed by atoms with Gasteiger partial charge in [0, 0.05) is 7.05 Å². The highest BCUT2D eigenvalue weighted by molar-refractivity contribution is 6.75. The second kappa shape index (κ2) is 3.69. The van der Waals surface area contributed by atoms with E-state index in [1.165, 1.54) is 11.6 Å². The summed E-state index contributed by atoms with van der Waals surface area (Å²) in [6.07, 6.45) is -5.75. The second-order valence-electron chi connectivity index (χ2n) is 3.92. The van der Waals surface area contributed by atoms with E-state index in [0.717, 1.165) is 0 Å². The van der Waals surface area contributed by atoms with Crippen LogP contribution in [0.5, 0.6) is 0 Å². The summed E-state index contributed by atoms with van der Waals surface area (Å²) in [6.45, 7) is 5.46. The molecule has 0 atom stereocenters. The van der Waals surface area contributed by atoms with Gasteiger partial charge in [-0.15, -0.1) is 0 Å². The van der Waals surface area contributed by atoms with Crippen molar-refractivity contribution < 1.29 is 18.0 Å². The van der Waals surface area contributed by atoms with E-state index >= 15 is 0 Å². The van der Waals surface area contributed by atoms with Gasteiger partial charge in [-0.2, -0.15) is 13.2 Å². The van der Waals surface area contributed by atoms with Crippen LogP contribution in [-0.4, -0.2) is 31.9 Å². The van der Waals surface area contributed by atoms with E-state index < -0.39 is 26.7 Å². The molecule has 0 aliphatic heterocycles. The maximum absolute atomic E-state index is 11.8. The number of hydrogen-bond donors (Lipinski definition) is 0. The minimum atomic E-state index is -4.40. The number of halogens is 3. The zero-order valence-electron chi connectivity index (χ0n) is 8.20. The lowest BCUT2D eigenvalue weighted by Gasteiger charge is -2.30. The summed E-state index contributed by atoms with van der Waals surface area (Å²) in [6, 6.07) is 0. The number of nitrogens with zero attached hydrogens (tertiary/aromatic N) is 1. The van der Waals surface area contributed by atoms with Crippen LogP contribution in [0.4, 0.5) is 13.2 Å². The molecule has 0 saturated heterocycles. The van der Waals surface area contributed by atoms with Crippen molar-refractivity contribution in [2.24, 2.45) is 0 Å². The van der Waals surface area contributed by atoms with Crippen LogP contribution in [0.1, 0.15) is 6.42 Å². The predicted octanol–water partition coefficient (Wildman–Crippen LogP) is 2.23. The Hall–Kier alpha value is -0.523. The first-order valence-electron chi connectivity index (χ1n) is 3.87. The Morgan fingerprint density at radius 3 is 1.92 bits per heavy atom. The van der Waals surface area contributed by atoms with Crippen molar-refractivity contribution in [3.63, 3.8) is 0 Å². The minimum Gasteiger partial charge on any atom is -0.372 e. The molecule has 78 valence electrons. The molecule has 13 heavy (non-hydrogen) atoms. The molecule has 0 spiro atoms.